The number of para-hydroxylation sites is 1. The van der Waals surface area contributed by atoms with Crippen molar-refractivity contribution in [3.05, 3.63) is 29.3 Å². The molecule has 0 aromatic heterocycles. The monoisotopic (exact) mass is 416 g/mol. The van der Waals surface area contributed by atoms with Gasteiger partial charge < -0.3 is 19.9 Å². The number of piperazine rings is 1. The minimum Gasteiger partial charge on any atom is -0.378 e. The van der Waals surface area contributed by atoms with Crippen LogP contribution in [0.25, 0.3) is 0 Å². The van der Waals surface area contributed by atoms with Gasteiger partial charge in [-0.05, 0) is 19.1 Å². The maximum Gasteiger partial charge on any atom is 0.194 e. The number of guanidine groups is 1. The summed E-state index contributed by atoms with van der Waals surface area (Å²) in [4.78, 5) is 9.12. The number of halogens is 1. The van der Waals surface area contributed by atoms with Gasteiger partial charge in [0.25, 0.3) is 0 Å². The molecule has 0 radical (unpaired) electrons. The van der Waals surface area contributed by atoms with Gasteiger partial charge in [-0.3, -0.25) is 4.99 Å². The van der Waals surface area contributed by atoms with Crippen molar-refractivity contribution in [3.63, 3.8) is 0 Å². The smallest absolute Gasteiger partial charge is 0.194 e. The van der Waals surface area contributed by atoms with Crippen molar-refractivity contribution in [2.45, 2.75) is 6.92 Å². The first-order valence-corrected chi connectivity index (χ1v) is 11.6. The maximum absolute atomic E-state index is 11.1. The van der Waals surface area contributed by atoms with Gasteiger partial charge in [0.15, 0.2) is 5.96 Å². The van der Waals surface area contributed by atoms with Gasteiger partial charge in [-0.25, -0.2) is 8.42 Å². The first-order chi connectivity index (χ1) is 12.9. The largest absolute Gasteiger partial charge is 0.378 e. The van der Waals surface area contributed by atoms with Crippen molar-refractivity contribution in [3.8, 4) is 0 Å². The number of aliphatic imine (C=N–C) groups is 1. The van der Waals surface area contributed by atoms with Gasteiger partial charge in [0.2, 0.25) is 0 Å². The normalized spacial score (nSPS) is 15.9. The third kappa shape index (κ3) is 7.56. The molecule has 1 heterocycles. The van der Waals surface area contributed by atoms with Gasteiger partial charge in [-0.1, -0.05) is 23.7 Å². The maximum atomic E-state index is 11.1. The van der Waals surface area contributed by atoms with Crippen molar-refractivity contribution in [2.75, 3.05) is 69.4 Å². The molecule has 0 bridgehead atoms. The summed E-state index contributed by atoms with van der Waals surface area (Å²) in [5.74, 6) is 0.906. The number of anilines is 1. The molecule has 0 atom stereocenters. The Morgan fingerprint density at radius 2 is 1.93 bits per heavy atom. The summed E-state index contributed by atoms with van der Waals surface area (Å²) in [6, 6.07) is 7.91. The zero-order valence-electron chi connectivity index (χ0n) is 16.0. The van der Waals surface area contributed by atoms with E-state index < -0.39 is 9.84 Å². The first-order valence-electron chi connectivity index (χ1n) is 9.19. The third-order valence-corrected chi connectivity index (χ3v) is 5.43. The fraction of sp³-hybridized carbons (Fsp3) is 0.611. The van der Waals surface area contributed by atoms with Crippen LogP contribution in [-0.4, -0.2) is 83.8 Å². The SMILES string of the molecule is CCNC(=NCCOCCS(C)(=O)=O)N1CCN(c2ccccc2Cl)CC1. The van der Waals surface area contributed by atoms with E-state index in [0.29, 0.717) is 13.2 Å². The van der Waals surface area contributed by atoms with Gasteiger partial charge >= 0.3 is 0 Å². The Bertz CT molecular complexity index is 719. The lowest BCUT2D eigenvalue weighted by Gasteiger charge is -2.38. The van der Waals surface area contributed by atoms with Gasteiger partial charge in [-0.15, -0.1) is 0 Å². The molecule has 1 aromatic rings. The second-order valence-electron chi connectivity index (χ2n) is 6.40. The molecule has 7 nitrogen and oxygen atoms in total. The van der Waals surface area contributed by atoms with E-state index in [2.05, 4.69) is 20.1 Å². The molecule has 0 spiro atoms. The summed E-state index contributed by atoms with van der Waals surface area (Å²) in [6.07, 6.45) is 1.21. The fourth-order valence-corrected chi connectivity index (χ4v) is 3.50. The molecule has 0 saturated carbocycles. The Morgan fingerprint density at radius 1 is 1.22 bits per heavy atom. The Morgan fingerprint density at radius 3 is 2.56 bits per heavy atom. The standard InChI is InChI=1S/C18H29ClN4O3S/c1-3-20-18(21-8-13-26-14-15-27(2,24)25)23-11-9-22(10-12-23)17-7-5-4-6-16(17)19/h4-7H,3,8-15H2,1-2H3,(H,20,21). The molecule has 2 rings (SSSR count). The van der Waals surface area contributed by atoms with Crippen molar-refractivity contribution in [2.24, 2.45) is 4.99 Å². The molecule has 0 amide bonds. The van der Waals surface area contributed by atoms with Crippen LogP contribution in [0.3, 0.4) is 0 Å². The summed E-state index contributed by atoms with van der Waals surface area (Å²) in [6.45, 7) is 7.40. The van der Waals surface area contributed by atoms with E-state index in [1.54, 1.807) is 0 Å². The molecular weight excluding hydrogens is 388 g/mol. The predicted octanol–water partition coefficient (Wildman–Crippen LogP) is 1.49. The predicted molar refractivity (Wildman–Crippen MR) is 112 cm³/mol. The van der Waals surface area contributed by atoms with Crippen LogP contribution in [0.2, 0.25) is 5.02 Å². The summed E-state index contributed by atoms with van der Waals surface area (Å²) in [5, 5.41) is 4.09. The Balaban J connectivity index is 1.82. The average Bonchev–Trinajstić information content (AvgIpc) is 2.63. The fourth-order valence-electron chi connectivity index (χ4n) is 2.82. The average molecular weight is 417 g/mol. The quantitative estimate of drug-likeness (QED) is 0.393. The van der Waals surface area contributed by atoms with Crippen molar-refractivity contribution in [1.29, 1.82) is 0 Å². The molecule has 1 saturated heterocycles. The molecule has 27 heavy (non-hydrogen) atoms. The van der Waals surface area contributed by atoms with Crippen LogP contribution < -0.4 is 10.2 Å². The number of nitrogens with one attached hydrogen (secondary N) is 1. The topological polar surface area (TPSA) is 74.2 Å². The summed E-state index contributed by atoms with van der Waals surface area (Å²) >= 11 is 6.30. The Kier molecular flexibility index (Phi) is 8.66. The number of ether oxygens (including phenoxy) is 1. The molecule has 1 aliphatic heterocycles. The van der Waals surface area contributed by atoms with Gasteiger partial charge in [0.1, 0.15) is 9.84 Å². The number of benzene rings is 1. The van der Waals surface area contributed by atoms with Crippen LogP contribution in [0.4, 0.5) is 5.69 Å². The summed E-state index contributed by atoms with van der Waals surface area (Å²) in [5.41, 5.74) is 1.07. The third-order valence-electron chi connectivity index (χ3n) is 4.20. The molecule has 152 valence electrons. The van der Waals surface area contributed by atoms with E-state index in [9.17, 15) is 8.42 Å². The summed E-state index contributed by atoms with van der Waals surface area (Å²) < 4.78 is 27.5. The van der Waals surface area contributed by atoms with E-state index in [1.165, 1.54) is 6.26 Å². The molecule has 0 aliphatic carbocycles. The second kappa shape index (κ2) is 10.7. The zero-order valence-corrected chi connectivity index (χ0v) is 17.6. The number of rotatable bonds is 8. The first kappa shape index (κ1) is 21.8. The second-order valence-corrected chi connectivity index (χ2v) is 9.07. The lowest BCUT2D eigenvalue weighted by molar-refractivity contribution is 0.157. The lowest BCUT2D eigenvalue weighted by atomic mass is 10.2. The minimum atomic E-state index is -2.98. The van der Waals surface area contributed by atoms with Crippen LogP contribution >= 0.6 is 11.6 Å². The molecule has 9 heteroatoms. The van der Waals surface area contributed by atoms with Gasteiger partial charge in [0, 0.05) is 39.0 Å². The van der Waals surface area contributed by atoms with E-state index in [4.69, 9.17) is 16.3 Å². The minimum absolute atomic E-state index is 0.0424. The molecular formula is C18H29ClN4O3S. The summed E-state index contributed by atoms with van der Waals surface area (Å²) in [7, 11) is -2.98. The molecule has 1 aromatic carbocycles. The highest BCUT2D eigenvalue weighted by Gasteiger charge is 2.20. The molecule has 1 fully saturated rings. The number of sulfone groups is 1. The highest BCUT2D eigenvalue weighted by molar-refractivity contribution is 7.90. The van der Waals surface area contributed by atoms with Crippen LogP contribution in [0.1, 0.15) is 6.92 Å². The lowest BCUT2D eigenvalue weighted by Crippen LogP contribution is -2.52. The molecule has 0 unspecified atom stereocenters. The number of nitrogens with zero attached hydrogens (tertiary/aromatic N) is 3. The van der Waals surface area contributed by atoms with E-state index >= 15 is 0 Å². The molecule has 1 aliphatic rings. The Hall–Kier alpha value is -1.51. The number of hydrogen-bond acceptors (Lipinski definition) is 5. The van der Waals surface area contributed by atoms with E-state index in [1.807, 2.05) is 31.2 Å². The van der Waals surface area contributed by atoms with Crippen LogP contribution in [0.5, 0.6) is 0 Å². The van der Waals surface area contributed by atoms with Crippen molar-refractivity contribution in [1.82, 2.24) is 10.2 Å². The van der Waals surface area contributed by atoms with Crippen LogP contribution in [-0.2, 0) is 14.6 Å². The van der Waals surface area contributed by atoms with E-state index in [-0.39, 0.29) is 12.4 Å². The molecule has 1 N–H and O–H groups in total. The number of hydrogen-bond donors (Lipinski definition) is 1. The highest BCUT2D eigenvalue weighted by Crippen LogP contribution is 2.25. The van der Waals surface area contributed by atoms with Crippen LogP contribution in [0.15, 0.2) is 29.3 Å². The van der Waals surface area contributed by atoms with Gasteiger partial charge in [-0.2, -0.15) is 0 Å². The van der Waals surface area contributed by atoms with Crippen LogP contribution in [0, 0.1) is 0 Å². The Labute approximate surface area is 167 Å². The van der Waals surface area contributed by atoms with Crippen molar-refractivity contribution < 1.29 is 13.2 Å². The highest BCUT2D eigenvalue weighted by atomic mass is 35.5. The van der Waals surface area contributed by atoms with Gasteiger partial charge in [0.05, 0.1) is 36.2 Å². The van der Waals surface area contributed by atoms with Crippen molar-refractivity contribution >= 4 is 33.1 Å². The van der Waals surface area contributed by atoms with E-state index in [0.717, 1.165) is 49.4 Å². The zero-order chi connectivity index (χ0) is 19.7.